The lowest BCUT2D eigenvalue weighted by atomic mass is 9.67. The van der Waals surface area contributed by atoms with Gasteiger partial charge in [0.05, 0.1) is 0 Å². The number of hydrogen-bond acceptors (Lipinski definition) is 2. The molecule has 4 aliphatic rings. The fraction of sp³-hybridized carbons (Fsp3) is 0.545. The van der Waals surface area contributed by atoms with E-state index in [0.29, 0.717) is 23.3 Å². The van der Waals surface area contributed by atoms with Crippen molar-refractivity contribution in [3.05, 3.63) is 48.0 Å². The Kier molecular flexibility index (Phi) is 5.09. The number of amides is 2. The van der Waals surface area contributed by atoms with Gasteiger partial charge in [0.1, 0.15) is 6.04 Å². The zero-order chi connectivity index (χ0) is 17.9. The van der Waals surface area contributed by atoms with Crippen LogP contribution >= 0.6 is 0 Å². The highest BCUT2D eigenvalue weighted by Gasteiger charge is 2.37. The number of carbonyl (C=O) groups excluding carboxylic acids is 2. The minimum Gasteiger partial charge on any atom is -0.341 e. The van der Waals surface area contributed by atoms with Gasteiger partial charge in [0.25, 0.3) is 5.91 Å². The van der Waals surface area contributed by atoms with Crippen LogP contribution in [-0.4, -0.2) is 35.8 Å². The highest BCUT2D eigenvalue weighted by atomic mass is 16.2. The average Bonchev–Trinajstić information content (AvgIpc) is 3.23. The summed E-state index contributed by atoms with van der Waals surface area (Å²) in [6.07, 6.45) is 11.3. The number of nitrogens with one attached hydrogen (secondary N) is 1. The lowest BCUT2D eigenvalue weighted by Gasteiger charge is -2.39. The van der Waals surface area contributed by atoms with E-state index in [2.05, 4.69) is 17.5 Å². The molecule has 1 aliphatic heterocycles. The van der Waals surface area contributed by atoms with Crippen LogP contribution in [0.4, 0.5) is 0 Å². The maximum atomic E-state index is 13.1. The van der Waals surface area contributed by atoms with Crippen molar-refractivity contribution in [3.8, 4) is 0 Å². The van der Waals surface area contributed by atoms with Crippen LogP contribution in [0.1, 0.15) is 48.9 Å². The molecule has 4 heteroatoms. The number of rotatable bonds is 5. The Bertz CT molecular complexity index is 679. The number of likely N-dealkylation sites (tertiary alicyclic amines) is 1. The van der Waals surface area contributed by atoms with Crippen LogP contribution < -0.4 is 5.32 Å². The van der Waals surface area contributed by atoms with Crippen molar-refractivity contribution in [2.45, 2.75) is 44.6 Å². The zero-order valence-corrected chi connectivity index (χ0v) is 15.3. The van der Waals surface area contributed by atoms with Crippen LogP contribution in [0.25, 0.3) is 0 Å². The topological polar surface area (TPSA) is 49.4 Å². The van der Waals surface area contributed by atoms with Gasteiger partial charge in [-0.2, -0.15) is 0 Å². The van der Waals surface area contributed by atoms with Gasteiger partial charge < -0.3 is 10.2 Å². The molecule has 138 valence electrons. The molecule has 3 aliphatic carbocycles. The summed E-state index contributed by atoms with van der Waals surface area (Å²) in [5, 5.41) is 3.06. The second-order valence-corrected chi connectivity index (χ2v) is 8.04. The van der Waals surface area contributed by atoms with Crippen LogP contribution in [0.2, 0.25) is 0 Å². The van der Waals surface area contributed by atoms with Gasteiger partial charge in [-0.15, -0.1) is 0 Å². The Morgan fingerprint density at radius 3 is 2.46 bits per heavy atom. The van der Waals surface area contributed by atoms with Crippen molar-refractivity contribution in [3.63, 3.8) is 0 Å². The highest BCUT2D eigenvalue weighted by Crippen LogP contribution is 2.42. The molecule has 0 radical (unpaired) electrons. The SMILES string of the molecule is O=C(NC(C[C@H]1C[C@H]2C=C[C@@H]1CC2)C(=O)N1CCCC1)c1ccccc1. The molecular weight excluding hydrogens is 324 g/mol. The molecule has 1 heterocycles. The summed E-state index contributed by atoms with van der Waals surface area (Å²) < 4.78 is 0. The first-order valence-corrected chi connectivity index (χ1v) is 10.0. The second-order valence-electron chi connectivity index (χ2n) is 8.04. The molecule has 2 fully saturated rings. The molecule has 4 atom stereocenters. The zero-order valence-electron chi connectivity index (χ0n) is 15.3. The van der Waals surface area contributed by atoms with Gasteiger partial charge in [0.2, 0.25) is 5.91 Å². The molecule has 1 N–H and O–H groups in total. The molecule has 1 aromatic carbocycles. The maximum absolute atomic E-state index is 13.1. The van der Waals surface area contributed by atoms with E-state index >= 15 is 0 Å². The summed E-state index contributed by atoms with van der Waals surface area (Å²) in [4.78, 5) is 27.7. The van der Waals surface area contributed by atoms with E-state index in [1.165, 1.54) is 12.8 Å². The van der Waals surface area contributed by atoms with Crippen molar-refractivity contribution in [2.24, 2.45) is 17.8 Å². The predicted molar refractivity (Wildman–Crippen MR) is 102 cm³/mol. The molecule has 0 aromatic heterocycles. The van der Waals surface area contributed by atoms with Crippen LogP contribution in [-0.2, 0) is 4.79 Å². The number of hydrogen-bond donors (Lipinski definition) is 1. The minimum atomic E-state index is -0.404. The third kappa shape index (κ3) is 3.69. The van der Waals surface area contributed by atoms with E-state index < -0.39 is 6.04 Å². The number of allylic oxidation sites excluding steroid dienone is 2. The Labute approximate surface area is 155 Å². The van der Waals surface area contributed by atoms with Gasteiger partial charge in [-0.05, 0) is 68.4 Å². The molecule has 26 heavy (non-hydrogen) atoms. The normalized spacial score (nSPS) is 28.2. The van der Waals surface area contributed by atoms with E-state index in [0.717, 1.165) is 38.8 Å². The quantitative estimate of drug-likeness (QED) is 0.826. The Balaban J connectivity index is 1.48. The first-order chi connectivity index (χ1) is 12.7. The summed E-state index contributed by atoms with van der Waals surface area (Å²) >= 11 is 0. The Morgan fingerprint density at radius 2 is 1.85 bits per heavy atom. The van der Waals surface area contributed by atoms with Crippen LogP contribution in [0.3, 0.4) is 0 Å². The molecule has 5 rings (SSSR count). The average molecular weight is 352 g/mol. The summed E-state index contributed by atoms with van der Waals surface area (Å²) in [6.45, 7) is 1.65. The van der Waals surface area contributed by atoms with Crippen molar-refractivity contribution in [1.29, 1.82) is 0 Å². The number of carbonyl (C=O) groups is 2. The number of benzene rings is 1. The van der Waals surface area contributed by atoms with Gasteiger partial charge in [0, 0.05) is 18.7 Å². The van der Waals surface area contributed by atoms with Crippen LogP contribution in [0.15, 0.2) is 42.5 Å². The van der Waals surface area contributed by atoms with Crippen molar-refractivity contribution >= 4 is 11.8 Å². The first-order valence-electron chi connectivity index (χ1n) is 10.0. The standard InChI is InChI=1S/C22H28N2O2/c25-21(18-6-2-1-3-7-18)23-20(22(26)24-12-4-5-13-24)15-19-14-16-8-10-17(19)11-9-16/h1-3,6-8,10,16-17,19-20H,4-5,9,11-15H2,(H,23,25)/t16-,17+,19+,20?/m0/s1. The van der Waals surface area contributed by atoms with Crippen molar-refractivity contribution in [2.75, 3.05) is 13.1 Å². The van der Waals surface area contributed by atoms with Gasteiger partial charge in [0.15, 0.2) is 0 Å². The van der Waals surface area contributed by atoms with E-state index in [1.54, 1.807) is 12.1 Å². The van der Waals surface area contributed by atoms with Gasteiger partial charge >= 0.3 is 0 Å². The van der Waals surface area contributed by atoms with E-state index in [4.69, 9.17) is 0 Å². The molecule has 4 nitrogen and oxygen atoms in total. The molecule has 2 bridgehead atoms. The summed E-state index contributed by atoms with van der Waals surface area (Å²) in [5.41, 5.74) is 0.622. The smallest absolute Gasteiger partial charge is 0.251 e. The van der Waals surface area contributed by atoms with Crippen molar-refractivity contribution < 1.29 is 9.59 Å². The Hall–Kier alpha value is -2.10. The maximum Gasteiger partial charge on any atom is 0.251 e. The fourth-order valence-corrected chi connectivity index (χ4v) is 4.84. The largest absolute Gasteiger partial charge is 0.341 e. The van der Waals surface area contributed by atoms with Gasteiger partial charge in [-0.25, -0.2) is 0 Å². The molecule has 1 saturated carbocycles. The van der Waals surface area contributed by atoms with E-state index in [9.17, 15) is 9.59 Å². The molecule has 2 amide bonds. The highest BCUT2D eigenvalue weighted by molar-refractivity contribution is 5.97. The molecular formula is C22H28N2O2. The molecule has 1 aromatic rings. The number of fused-ring (bicyclic) bond motifs is 2. The first kappa shape index (κ1) is 17.3. The van der Waals surface area contributed by atoms with Crippen molar-refractivity contribution in [1.82, 2.24) is 10.2 Å². The van der Waals surface area contributed by atoms with Crippen LogP contribution in [0, 0.1) is 17.8 Å². The monoisotopic (exact) mass is 352 g/mol. The minimum absolute atomic E-state index is 0.109. The van der Waals surface area contributed by atoms with E-state index in [1.807, 2.05) is 23.1 Å². The summed E-state index contributed by atoms with van der Waals surface area (Å²) in [6, 6.07) is 8.82. The van der Waals surface area contributed by atoms with Gasteiger partial charge in [-0.3, -0.25) is 9.59 Å². The molecule has 0 spiro atoms. The number of nitrogens with zero attached hydrogens (tertiary/aromatic N) is 1. The lowest BCUT2D eigenvalue weighted by molar-refractivity contribution is -0.132. The summed E-state index contributed by atoms with van der Waals surface area (Å²) in [7, 11) is 0. The lowest BCUT2D eigenvalue weighted by Crippen LogP contribution is -2.49. The second kappa shape index (κ2) is 7.65. The van der Waals surface area contributed by atoms with Gasteiger partial charge in [-0.1, -0.05) is 30.4 Å². The fourth-order valence-electron chi connectivity index (χ4n) is 4.84. The predicted octanol–water partition coefficient (Wildman–Crippen LogP) is 3.40. The third-order valence-corrected chi connectivity index (χ3v) is 6.31. The molecule has 1 unspecified atom stereocenters. The summed E-state index contributed by atoms with van der Waals surface area (Å²) in [5.74, 6) is 1.71. The third-order valence-electron chi connectivity index (χ3n) is 6.31. The Morgan fingerprint density at radius 1 is 1.08 bits per heavy atom. The molecule has 1 saturated heterocycles. The van der Waals surface area contributed by atoms with Crippen LogP contribution in [0.5, 0.6) is 0 Å². The van der Waals surface area contributed by atoms with E-state index in [-0.39, 0.29) is 11.8 Å².